The molecule has 0 saturated carbocycles. The summed E-state index contributed by atoms with van der Waals surface area (Å²) in [6.07, 6.45) is 1.51. The highest BCUT2D eigenvalue weighted by Gasteiger charge is 1.98. The largest absolute Gasteiger partial charge is 0.380 e. The van der Waals surface area contributed by atoms with Gasteiger partial charge in [0.1, 0.15) is 5.69 Å². The highest BCUT2D eigenvalue weighted by atomic mass is 32.1. The van der Waals surface area contributed by atoms with Gasteiger partial charge in [0.25, 0.3) is 0 Å². The number of hydrogen-bond donors (Lipinski definition) is 2. The minimum atomic E-state index is 0.212. The van der Waals surface area contributed by atoms with Crippen molar-refractivity contribution in [3.8, 4) is 0 Å². The number of amidine groups is 1. The van der Waals surface area contributed by atoms with Crippen molar-refractivity contribution >= 4 is 17.6 Å². The van der Waals surface area contributed by atoms with Crippen LogP contribution in [0.15, 0.2) is 11.3 Å². The predicted octanol–water partition coefficient (Wildman–Crippen LogP) is -0.883. The van der Waals surface area contributed by atoms with Gasteiger partial charge in [-0.2, -0.15) is 13.8 Å². The van der Waals surface area contributed by atoms with Crippen LogP contribution < -0.4 is 11.6 Å². The molecular weight excluding hydrogens is 138 g/mol. The van der Waals surface area contributed by atoms with Gasteiger partial charge in [-0.1, -0.05) is 0 Å². The second-order valence-corrected chi connectivity index (χ2v) is 1.86. The number of rotatable bonds is 1. The number of hydrogen-bond acceptors (Lipinski definition) is 5. The van der Waals surface area contributed by atoms with Crippen LogP contribution in [0.4, 0.5) is 0 Å². The van der Waals surface area contributed by atoms with Crippen LogP contribution in [0.3, 0.4) is 0 Å². The topological polar surface area (TPSA) is 90.2 Å². The molecule has 1 rings (SSSR count). The molecule has 1 aromatic rings. The van der Waals surface area contributed by atoms with E-state index in [0.717, 1.165) is 11.7 Å². The van der Waals surface area contributed by atoms with E-state index in [-0.39, 0.29) is 5.84 Å². The second-order valence-electron chi connectivity index (χ2n) is 1.31. The van der Waals surface area contributed by atoms with Crippen LogP contribution in [0.2, 0.25) is 0 Å². The first kappa shape index (κ1) is 5.96. The number of aromatic nitrogens is 2. The smallest absolute Gasteiger partial charge is 0.171 e. The number of nitrogens with zero attached hydrogens (tertiary/aromatic N) is 3. The van der Waals surface area contributed by atoms with Gasteiger partial charge in [0.2, 0.25) is 0 Å². The first-order chi connectivity index (χ1) is 4.34. The maximum absolute atomic E-state index is 5.27. The van der Waals surface area contributed by atoms with E-state index in [1.807, 2.05) is 0 Å². The number of nitrogens with two attached hydrogens (primary N) is 2. The van der Waals surface area contributed by atoms with Crippen molar-refractivity contribution in [2.75, 3.05) is 0 Å². The molecule has 0 spiro atoms. The lowest BCUT2D eigenvalue weighted by atomic mass is 10.5. The predicted molar refractivity (Wildman–Crippen MR) is 34.8 cm³/mol. The standard InChI is InChI=1S/C3H5N5S/c4-3(7-5)2-1-6-9-8-2/h1H,5H2,(H2,4,7). The Balaban J connectivity index is 2.90. The summed E-state index contributed by atoms with van der Waals surface area (Å²) in [5, 5.41) is 3.23. The number of hydrazone groups is 1. The van der Waals surface area contributed by atoms with Gasteiger partial charge in [-0.15, -0.1) is 0 Å². The Labute approximate surface area is 55.7 Å². The van der Waals surface area contributed by atoms with E-state index >= 15 is 0 Å². The summed E-state index contributed by atoms with van der Waals surface area (Å²) in [5.41, 5.74) is 5.80. The van der Waals surface area contributed by atoms with Crippen LogP contribution in [0.25, 0.3) is 0 Å². The van der Waals surface area contributed by atoms with Gasteiger partial charge in [-0.05, 0) is 0 Å². The second kappa shape index (κ2) is 2.40. The third-order valence-electron chi connectivity index (χ3n) is 0.763. The van der Waals surface area contributed by atoms with Gasteiger partial charge in [-0.25, -0.2) is 0 Å². The normalized spacial score (nSPS) is 11.8. The Morgan fingerprint density at radius 1 is 1.78 bits per heavy atom. The van der Waals surface area contributed by atoms with Gasteiger partial charge >= 0.3 is 0 Å². The van der Waals surface area contributed by atoms with Crippen molar-refractivity contribution in [1.29, 1.82) is 0 Å². The lowest BCUT2D eigenvalue weighted by molar-refractivity contribution is 1.22. The minimum Gasteiger partial charge on any atom is -0.380 e. The molecule has 0 atom stereocenters. The van der Waals surface area contributed by atoms with Crippen molar-refractivity contribution in [2.45, 2.75) is 0 Å². The Morgan fingerprint density at radius 2 is 2.56 bits per heavy atom. The zero-order chi connectivity index (χ0) is 6.69. The highest BCUT2D eigenvalue weighted by molar-refractivity contribution is 6.99. The quantitative estimate of drug-likeness (QED) is 0.231. The molecule has 0 aliphatic carbocycles. The molecule has 0 saturated heterocycles. The van der Waals surface area contributed by atoms with Gasteiger partial charge in [0.05, 0.1) is 17.9 Å². The summed E-state index contributed by atoms with van der Waals surface area (Å²) in [7, 11) is 0. The van der Waals surface area contributed by atoms with Gasteiger partial charge < -0.3 is 11.6 Å². The summed E-state index contributed by atoms with van der Waals surface area (Å²) in [4.78, 5) is 0. The SMILES string of the molecule is NN=C(N)c1cnsn1. The summed E-state index contributed by atoms with van der Waals surface area (Å²) in [6.45, 7) is 0. The summed E-state index contributed by atoms with van der Waals surface area (Å²) >= 11 is 1.07. The molecule has 6 heteroatoms. The lowest BCUT2D eigenvalue weighted by Crippen LogP contribution is -2.15. The molecule has 0 radical (unpaired) electrons. The molecule has 0 aliphatic heterocycles. The lowest BCUT2D eigenvalue weighted by Gasteiger charge is -1.86. The van der Waals surface area contributed by atoms with Crippen molar-refractivity contribution in [1.82, 2.24) is 8.75 Å². The zero-order valence-electron chi connectivity index (χ0n) is 4.48. The van der Waals surface area contributed by atoms with Crippen LogP contribution in [-0.4, -0.2) is 14.6 Å². The van der Waals surface area contributed by atoms with E-state index in [4.69, 9.17) is 11.6 Å². The third kappa shape index (κ3) is 1.14. The fourth-order valence-electron chi connectivity index (χ4n) is 0.344. The molecule has 0 fully saturated rings. The van der Waals surface area contributed by atoms with E-state index in [0.29, 0.717) is 5.69 Å². The molecule has 1 heterocycles. The van der Waals surface area contributed by atoms with E-state index in [1.54, 1.807) is 0 Å². The van der Waals surface area contributed by atoms with E-state index in [2.05, 4.69) is 13.8 Å². The molecule has 9 heavy (non-hydrogen) atoms. The Hall–Kier alpha value is -1.17. The van der Waals surface area contributed by atoms with Crippen molar-refractivity contribution in [3.63, 3.8) is 0 Å². The molecule has 0 aromatic carbocycles. The molecule has 48 valence electrons. The Bertz CT molecular complexity index is 202. The molecule has 5 nitrogen and oxygen atoms in total. The van der Waals surface area contributed by atoms with Gasteiger partial charge in [-0.3, -0.25) is 0 Å². The zero-order valence-corrected chi connectivity index (χ0v) is 5.30. The van der Waals surface area contributed by atoms with Crippen LogP contribution in [0.1, 0.15) is 5.69 Å². The third-order valence-corrected chi connectivity index (χ3v) is 1.24. The average Bonchev–Trinajstić information content (AvgIpc) is 2.37. The van der Waals surface area contributed by atoms with E-state index < -0.39 is 0 Å². The maximum Gasteiger partial charge on any atom is 0.171 e. The van der Waals surface area contributed by atoms with Crippen LogP contribution in [0.5, 0.6) is 0 Å². The fourth-order valence-corrected chi connectivity index (χ4v) is 0.766. The molecule has 0 amide bonds. The first-order valence-electron chi connectivity index (χ1n) is 2.16. The Morgan fingerprint density at radius 3 is 3.00 bits per heavy atom. The molecule has 0 aliphatic rings. The monoisotopic (exact) mass is 143 g/mol. The van der Waals surface area contributed by atoms with Crippen molar-refractivity contribution in [3.05, 3.63) is 11.9 Å². The van der Waals surface area contributed by atoms with E-state index in [1.165, 1.54) is 6.20 Å². The van der Waals surface area contributed by atoms with Gasteiger partial charge in [0, 0.05) is 0 Å². The minimum absolute atomic E-state index is 0.212. The van der Waals surface area contributed by atoms with Crippen molar-refractivity contribution < 1.29 is 0 Å². The van der Waals surface area contributed by atoms with Crippen LogP contribution >= 0.6 is 11.7 Å². The first-order valence-corrected chi connectivity index (χ1v) is 2.89. The summed E-state index contributed by atoms with van der Waals surface area (Å²) in [5.74, 6) is 5.07. The fraction of sp³-hybridized carbons (Fsp3) is 0. The molecule has 4 N–H and O–H groups in total. The summed E-state index contributed by atoms with van der Waals surface area (Å²) in [6, 6.07) is 0. The average molecular weight is 143 g/mol. The maximum atomic E-state index is 5.27. The Kier molecular flexibility index (Phi) is 1.59. The summed E-state index contributed by atoms with van der Waals surface area (Å²) < 4.78 is 7.49. The van der Waals surface area contributed by atoms with E-state index in [9.17, 15) is 0 Å². The van der Waals surface area contributed by atoms with Crippen LogP contribution in [-0.2, 0) is 0 Å². The molecular formula is C3H5N5S. The molecule has 1 aromatic heterocycles. The van der Waals surface area contributed by atoms with Gasteiger partial charge in [0.15, 0.2) is 5.84 Å². The van der Waals surface area contributed by atoms with Crippen LogP contribution in [0, 0.1) is 0 Å². The molecule has 0 bridgehead atoms. The highest BCUT2D eigenvalue weighted by Crippen LogP contribution is 1.91. The van der Waals surface area contributed by atoms with Crippen molar-refractivity contribution in [2.24, 2.45) is 16.7 Å². The molecule has 0 unspecified atom stereocenters.